The van der Waals surface area contributed by atoms with Crippen LogP contribution < -0.4 is 10.6 Å². The number of anilines is 3. The lowest BCUT2D eigenvalue weighted by Gasteiger charge is -2.12. The van der Waals surface area contributed by atoms with E-state index in [2.05, 4.69) is 35.9 Å². The summed E-state index contributed by atoms with van der Waals surface area (Å²) in [6, 6.07) is 13.1. The van der Waals surface area contributed by atoms with Crippen LogP contribution in [-0.2, 0) is 6.42 Å². The fraction of sp³-hybridized carbons (Fsp3) is 0.100. The molecule has 0 amide bonds. The molecule has 5 aromatic rings. The number of hydrogen-bond donors (Lipinski definition) is 3. The number of nitrogens with zero attached hydrogens (tertiary/aromatic N) is 4. The molecule has 2 aromatic carbocycles. The van der Waals surface area contributed by atoms with Gasteiger partial charge in [-0.2, -0.15) is 0 Å². The van der Waals surface area contributed by atoms with E-state index in [1.54, 1.807) is 12.1 Å². The average molecular weight is 440 g/mol. The summed E-state index contributed by atoms with van der Waals surface area (Å²) < 4.78 is 4.75. The maximum Gasteiger partial charge on any atom is 0.245 e. The van der Waals surface area contributed by atoms with E-state index in [-0.39, 0.29) is 0 Å². The molecule has 5 rings (SSSR count). The smallest absolute Gasteiger partial charge is 0.245 e. The summed E-state index contributed by atoms with van der Waals surface area (Å²) in [5.74, 6) is 1.04. The highest BCUT2D eigenvalue weighted by atomic mass is 35.5. The third-order valence-corrected chi connectivity index (χ3v) is 5.09. The highest BCUT2D eigenvalue weighted by molar-refractivity contribution is 6.31. The van der Waals surface area contributed by atoms with Gasteiger partial charge in [-0.25, -0.2) is 14.6 Å². The van der Waals surface area contributed by atoms with Gasteiger partial charge in [0.2, 0.25) is 11.3 Å². The molecule has 0 fully saturated rings. The number of nitrogens with one attached hydrogen (secondary N) is 3. The van der Waals surface area contributed by atoms with E-state index in [1.807, 2.05) is 36.5 Å². The van der Waals surface area contributed by atoms with Crippen LogP contribution in [0.5, 0.6) is 0 Å². The maximum absolute atomic E-state index is 6.14. The van der Waals surface area contributed by atoms with Crippen molar-refractivity contribution in [3.63, 3.8) is 0 Å². The predicted molar refractivity (Wildman–Crippen MR) is 118 cm³/mol. The molecule has 3 N–H and O–H groups in total. The molecule has 8 nitrogen and oxygen atoms in total. The standard InChI is InChI=1S/C20H15Cl2N7O/c21-12-2-1-3-14(8-12)25-18-17(26-19-20(27-18)29-30-28-19)23-7-6-11-10-24-16-5-4-13(22)9-15(11)16/h1-5,8-10,24H,6-7H2,(H,23,26,28)(H,25,27,29). The fourth-order valence-corrected chi connectivity index (χ4v) is 3.59. The molecule has 0 aliphatic heterocycles. The molecule has 10 heteroatoms. The first-order chi connectivity index (χ1) is 14.7. The molecule has 0 atom stereocenters. The predicted octanol–water partition coefficient (Wildman–Crippen LogP) is 5.20. The van der Waals surface area contributed by atoms with Gasteiger partial charge in [-0.1, -0.05) is 29.3 Å². The van der Waals surface area contributed by atoms with Crippen LogP contribution >= 0.6 is 23.2 Å². The Balaban J connectivity index is 1.39. The molecular weight excluding hydrogens is 425 g/mol. The summed E-state index contributed by atoms with van der Waals surface area (Å²) in [5.41, 5.74) is 3.63. The van der Waals surface area contributed by atoms with Gasteiger partial charge in [0.15, 0.2) is 11.6 Å². The number of halogens is 2. The minimum Gasteiger partial charge on any atom is -0.367 e. The minimum atomic E-state index is 0.316. The van der Waals surface area contributed by atoms with E-state index in [0.717, 1.165) is 28.6 Å². The molecule has 0 radical (unpaired) electrons. The lowest BCUT2D eigenvalue weighted by atomic mass is 10.1. The van der Waals surface area contributed by atoms with E-state index < -0.39 is 0 Å². The number of aromatic amines is 1. The van der Waals surface area contributed by atoms with E-state index in [9.17, 15) is 0 Å². The summed E-state index contributed by atoms with van der Waals surface area (Å²) in [7, 11) is 0. The van der Waals surface area contributed by atoms with Crippen molar-refractivity contribution in [1.82, 2.24) is 25.3 Å². The van der Waals surface area contributed by atoms with Crippen molar-refractivity contribution in [2.45, 2.75) is 6.42 Å². The molecule has 0 saturated heterocycles. The van der Waals surface area contributed by atoms with Crippen molar-refractivity contribution < 1.29 is 4.63 Å². The number of benzene rings is 2. The van der Waals surface area contributed by atoms with Gasteiger partial charge < -0.3 is 15.6 Å². The molecule has 30 heavy (non-hydrogen) atoms. The Labute approximate surface area is 180 Å². The van der Waals surface area contributed by atoms with Crippen molar-refractivity contribution in [2.75, 3.05) is 17.2 Å². The van der Waals surface area contributed by atoms with Gasteiger partial charge in [-0.05, 0) is 58.7 Å². The largest absolute Gasteiger partial charge is 0.367 e. The molecule has 3 aromatic heterocycles. The number of hydrogen-bond acceptors (Lipinski definition) is 7. The number of rotatable bonds is 6. The summed E-state index contributed by atoms with van der Waals surface area (Å²) >= 11 is 12.2. The minimum absolute atomic E-state index is 0.316. The van der Waals surface area contributed by atoms with E-state index in [0.29, 0.717) is 39.5 Å². The van der Waals surface area contributed by atoms with Gasteiger partial charge in [0, 0.05) is 39.4 Å². The quantitative estimate of drug-likeness (QED) is 0.333. The van der Waals surface area contributed by atoms with Gasteiger partial charge in [-0.3, -0.25) is 0 Å². The topological polar surface area (TPSA) is 105 Å². The van der Waals surface area contributed by atoms with Crippen molar-refractivity contribution in [3.8, 4) is 0 Å². The summed E-state index contributed by atoms with van der Waals surface area (Å²) in [6.07, 6.45) is 2.75. The molecule has 0 aliphatic rings. The number of fused-ring (bicyclic) bond motifs is 2. The molecule has 0 saturated carbocycles. The normalized spacial score (nSPS) is 11.3. The molecule has 0 bridgehead atoms. The fourth-order valence-electron chi connectivity index (χ4n) is 3.22. The zero-order chi connectivity index (χ0) is 20.5. The van der Waals surface area contributed by atoms with Crippen molar-refractivity contribution in [2.24, 2.45) is 0 Å². The first kappa shape index (κ1) is 18.7. The van der Waals surface area contributed by atoms with Crippen molar-refractivity contribution in [3.05, 3.63) is 64.3 Å². The van der Waals surface area contributed by atoms with E-state index in [4.69, 9.17) is 27.8 Å². The first-order valence-electron chi connectivity index (χ1n) is 9.18. The summed E-state index contributed by atoms with van der Waals surface area (Å²) in [4.78, 5) is 12.2. The Kier molecular flexibility index (Phi) is 4.86. The second-order valence-electron chi connectivity index (χ2n) is 6.65. The highest BCUT2D eigenvalue weighted by Gasteiger charge is 2.13. The number of aromatic nitrogens is 5. The van der Waals surface area contributed by atoms with Crippen LogP contribution in [0.4, 0.5) is 17.3 Å². The molecule has 0 aliphatic carbocycles. The summed E-state index contributed by atoms with van der Waals surface area (Å²) in [5, 5.41) is 16.5. The second kappa shape index (κ2) is 7.81. The summed E-state index contributed by atoms with van der Waals surface area (Å²) in [6.45, 7) is 0.620. The molecular formula is C20H15Cl2N7O. The van der Waals surface area contributed by atoms with Gasteiger partial charge in [0.25, 0.3) is 0 Å². The van der Waals surface area contributed by atoms with Crippen LogP contribution in [0.2, 0.25) is 10.0 Å². The Morgan fingerprint density at radius 3 is 2.57 bits per heavy atom. The van der Waals surface area contributed by atoms with Crippen LogP contribution in [0.1, 0.15) is 5.56 Å². The van der Waals surface area contributed by atoms with Gasteiger partial charge >= 0.3 is 0 Å². The SMILES string of the molecule is Clc1cccc(Nc2nc3nonc3nc2NCCc2c[nH]c3ccc(Cl)cc23)c1. The lowest BCUT2D eigenvalue weighted by Crippen LogP contribution is -2.10. The Bertz CT molecular complexity index is 1350. The van der Waals surface area contributed by atoms with Gasteiger partial charge in [0.1, 0.15) is 0 Å². The second-order valence-corrected chi connectivity index (χ2v) is 7.52. The Hall–Kier alpha value is -3.36. The van der Waals surface area contributed by atoms with Crippen LogP contribution in [0.15, 0.2) is 53.3 Å². The first-order valence-corrected chi connectivity index (χ1v) is 9.93. The third kappa shape index (κ3) is 3.74. The zero-order valence-corrected chi connectivity index (χ0v) is 17.0. The Morgan fingerprint density at radius 1 is 0.933 bits per heavy atom. The third-order valence-electron chi connectivity index (χ3n) is 4.62. The zero-order valence-electron chi connectivity index (χ0n) is 15.5. The average Bonchev–Trinajstić information content (AvgIpc) is 3.34. The van der Waals surface area contributed by atoms with Crippen molar-refractivity contribution in [1.29, 1.82) is 0 Å². The highest BCUT2D eigenvalue weighted by Crippen LogP contribution is 2.26. The Morgan fingerprint density at radius 2 is 1.73 bits per heavy atom. The van der Waals surface area contributed by atoms with Crippen LogP contribution in [0.25, 0.3) is 22.2 Å². The van der Waals surface area contributed by atoms with Crippen LogP contribution in [0.3, 0.4) is 0 Å². The maximum atomic E-state index is 6.14. The lowest BCUT2D eigenvalue weighted by molar-refractivity contribution is 0.314. The number of H-pyrrole nitrogens is 1. The van der Waals surface area contributed by atoms with Gasteiger partial charge in [0.05, 0.1) is 0 Å². The van der Waals surface area contributed by atoms with Crippen LogP contribution in [0, 0.1) is 0 Å². The van der Waals surface area contributed by atoms with Crippen molar-refractivity contribution >= 4 is 62.7 Å². The molecule has 0 unspecified atom stereocenters. The molecule has 3 heterocycles. The van der Waals surface area contributed by atoms with E-state index >= 15 is 0 Å². The van der Waals surface area contributed by atoms with E-state index in [1.165, 1.54) is 0 Å². The molecule has 0 spiro atoms. The van der Waals surface area contributed by atoms with Gasteiger partial charge in [-0.15, -0.1) is 0 Å². The molecule has 150 valence electrons. The van der Waals surface area contributed by atoms with Crippen LogP contribution in [-0.4, -0.2) is 31.8 Å². The monoisotopic (exact) mass is 439 g/mol.